The lowest BCUT2D eigenvalue weighted by Gasteiger charge is -2.29. The topological polar surface area (TPSA) is 88.9 Å². The molecule has 1 aliphatic rings. The van der Waals surface area contributed by atoms with Gasteiger partial charge in [0.1, 0.15) is 11.4 Å². The predicted molar refractivity (Wildman–Crippen MR) is 112 cm³/mol. The second-order valence-electron chi connectivity index (χ2n) is 7.20. The van der Waals surface area contributed by atoms with Gasteiger partial charge in [0, 0.05) is 36.0 Å². The van der Waals surface area contributed by atoms with Gasteiger partial charge >= 0.3 is 0 Å². The molecule has 1 aliphatic heterocycles. The lowest BCUT2D eigenvalue weighted by atomic mass is 10.1. The number of carbonyl (C=O) groups excluding carboxylic acids is 1. The molecule has 30 heavy (non-hydrogen) atoms. The summed E-state index contributed by atoms with van der Waals surface area (Å²) in [5.74, 6) is -1.53. The van der Waals surface area contributed by atoms with Gasteiger partial charge in [0.2, 0.25) is 0 Å². The van der Waals surface area contributed by atoms with Crippen LogP contribution in [-0.4, -0.2) is 46.9 Å². The SMILES string of the molecule is CS(=O)(=O)Cc1c(C(=O)Nc2ccc(N3CCOCC3)c(F)c2)oc2ccccc12. The smallest absolute Gasteiger partial charge is 0.291 e. The average molecular weight is 432 g/mol. The van der Waals surface area contributed by atoms with Crippen LogP contribution in [0.5, 0.6) is 0 Å². The molecule has 0 bridgehead atoms. The number of halogens is 1. The number of nitrogens with zero attached hydrogens (tertiary/aromatic N) is 1. The van der Waals surface area contributed by atoms with Gasteiger partial charge < -0.3 is 19.4 Å². The number of rotatable bonds is 5. The van der Waals surface area contributed by atoms with E-state index in [1.54, 1.807) is 36.4 Å². The van der Waals surface area contributed by atoms with Gasteiger partial charge in [-0.3, -0.25) is 4.79 Å². The van der Waals surface area contributed by atoms with E-state index in [1.165, 1.54) is 6.07 Å². The maximum Gasteiger partial charge on any atom is 0.291 e. The van der Waals surface area contributed by atoms with E-state index in [4.69, 9.17) is 9.15 Å². The molecular weight excluding hydrogens is 411 g/mol. The summed E-state index contributed by atoms with van der Waals surface area (Å²) in [6.45, 7) is 2.26. The van der Waals surface area contributed by atoms with Crippen molar-refractivity contribution in [2.24, 2.45) is 0 Å². The third kappa shape index (κ3) is 4.31. The fourth-order valence-electron chi connectivity index (χ4n) is 3.52. The maximum atomic E-state index is 14.6. The summed E-state index contributed by atoms with van der Waals surface area (Å²) in [6, 6.07) is 11.3. The molecule has 2 aromatic carbocycles. The van der Waals surface area contributed by atoms with Gasteiger partial charge in [0.25, 0.3) is 5.91 Å². The Labute approximate surface area is 173 Å². The highest BCUT2D eigenvalue weighted by Gasteiger charge is 2.24. The molecule has 158 valence electrons. The Kier molecular flexibility index (Phi) is 5.48. The zero-order chi connectivity index (χ0) is 21.3. The normalized spacial score (nSPS) is 14.8. The lowest BCUT2D eigenvalue weighted by Crippen LogP contribution is -2.36. The molecule has 1 fully saturated rings. The van der Waals surface area contributed by atoms with Gasteiger partial charge in [-0.1, -0.05) is 18.2 Å². The number of para-hydroxylation sites is 1. The van der Waals surface area contributed by atoms with Gasteiger partial charge in [0.15, 0.2) is 15.6 Å². The van der Waals surface area contributed by atoms with E-state index in [0.717, 1.165) is 6.26 Å². The van der Waals surface area contributed by atoms with Crippen LogP contribution in [0.25, 0.3) is 11.0 Å². The Balaban J connectivity index is 1.62. The minimum absolute atomic E-state index is 0.0979. The van der Waals surface area contributed by atoms with Crippen LogP contribution in [0, 0.1) is 5.82 Å². The number of sulfone groups is 1. The zero-order valence-corrected chi connectivity index (χ0v) is 17.2. The first kappa shape index (κ1) is 20.4. The second-order valence-corrected chi connectivity index (χ2v) is 9.34. The molecule has 0 unspecified atom stereocenters. The van der Waals surface area contributed by atoms with Crippen molar-refractivity contribution in [3.63, 3.8) is 0 Å². The van der Waals surface area contributed by atoms with Crippen LogP contribution >= 0.6 is 0 Å². The van der Waals surface area contributed by atoms with Gasteiger partial charge in [-0.15, -0.1) is 0 Å². The summed E-state index contributed by atoms with van der Waals surface area (Å²) in [7, 11) is -3.41. The molecule has 7 nitrogen and oxygen atoms in total. The Morgan fingerprint density at radius 3 is 2.60 bits per heavy atom. The van der Waals surface area contributed by atoms with Crippen molar-refractivity contribution in [3.8, 4) is 0 Å². The molecule has 2 heterocycles. The van der Waals surface area contributed by atoms with Crippen LogP contribution in [0.15, 0.2) is 46.9 Å². The molecule has 1 N–H and O–H groups in total. The number of ether oxygens (including phenoxy) is 1. The van der Waals surface area contributed by atoms with Crippen molar-refractivity contribution in [1.29, 1.82) is 0 Å². The second kappa shape index (κ2) is 8.08. The van der Waals surface area contributed by atoms with E-state index in [2.05, 4.69) is 5.32 Å². The Morgan fingerprint density at radius 1 is 1.17 bits per heavy atom. The van der Waals surface area contributed by atoms with Crippen LogP contribution in [0.3, 0.4) is 0 Å². The predicted octanol–water partition coefficient (Wildman–Crippen LogP) is 3.21. The van der Waals surface area contributed by atoms with E-state index in [0.29, 0.717) is 43.0 Å². The highest BCUT2D eigenvalue weighted by atomic mass is 32.2. The van der Waals surface area contributed by atoms with Crippen LogP contribution < -0.4 is 10.2 Å². The van der Waals surface area contributed by atoms with Crippen molar-refractivity contribution in [2.45, 2.75) is 5.75 Å². The molecule has 0 saturated carbocycles. The summed E-state index contributed by atoms with van der Waals surface area (Å²) in [6.07, 6.45) is 1.09. The van der Waals surface area contributed by atoms with E-state index in [1.807, 2.05) is 4.90 Å². The first-order valence-electron chi connectivity index (χ1n) is 9.43. The Morgan fingerprint density at radius 2 is 1.90 bits per heavy atom. The van der Waals surface area contributed by atoms with E-state index in [9.17, 15) is 17.6 Å². The number of furan rings is 1. The highest BCUT2D eigenvalue weighted by Crippen LogP contribution is 2.29. The Bertz CT molecular complexity index is 1200. The van der Waals surface area contributed by atoms with Gasteiger partial charge in [-0.25, -0.2) is 12.8 Å². The van der Waals surface area contributed by atoms with Crippen LogP contribution in [-0.2, 0) is 20.3 Å². The average Bonchev–Trinajstić information content (AvgIpc) is 3.06. The molecule has 1 saturated heterocycles. The van der Waals surface area contributed by atoms with Crippen molar-refractivity contribution in [1.82, 2.24) is 0 Å². The first-order chi connectivity index (χ1) is 14.3. The lowest BCUT2D eigenvalue weighted by molar-refractivity contribution is 0.0998. The number of nitrogens with one attached hydrogen (secondary N) is 1. The van der Waals surface area contributed by atoms with Gasteiger partial charge in [-0.05, 0) is 24.3 Å². The molecule has 0 aliphatic carbocycles. The minimum atomic E-state index is -3.41. The van der Waals surface area contributed by atoms with Crippen molar-refractivity contribution in [3.05, 3.63) is 59.6 Å². The quantitative estimate of drug-likeness (QED) is 0.666. The number of morpholine rings is 1. The van der Waals surface area contributed by atoms with Crippen LogP contribution in [0.2, 0.25) is 0 Å². The fourth-order valence-corrected chi connectivity index (χ4v) is 4.33. The number of benzene rings is 2. The molecule has 0 radical (unpaired) electrons. The summed E-state index contributed by atoms with van der Waals surface area (Å²) in [4.78, 5) is 14.7. The standard InChI is InChI=1S/C21H21FN2O5S/c1-30(26,27)13-16-15-4-2-3-5-19(15)29-20(16)21(25)23-14-6-7-18(17(22)12-14)24-8-10-28-11-9-24/h2-7,12H,8-11,13H2,1H3,(H,23,25). The molecule has 9 heteroatoms. The number of fused-ring (bicyclic) bond motifs is 1. The van der Waals surface area contributed by atoms with Gasteiger partial charge in [-0.2, -0.15) is 0 Å². The van der Waals surface area contributed by atoms with Crippen LogP contribution in [0.4, 0.5) is 15.8 Å². The summed E-state index contributed by atoms with van der Waals surface area (Å²) >= 11 is 0. The largest absolute Gasteiger partial charge is 0.451 e. The number of hydrogen-bond donors (Lipinski definition) is 1. The molecule has 1 aromatic heterocycles. The summed E-state index contributed by atoms with van der Waals surface area (Å²) in [5, 5.41) is 3.16. The highest BCUT2D eigenvalue weighted by molar-refractivity contribution is 7.89. The molecular formula is C21H21FN2O5S. The van der Waals surface area contributed by atoms with E-state index < -0.39 is 21.6 Å². The van der Waals surface area contributed by atoms with Crippen molar-refractivity contribution < 1.29 is 26.8 Å². The maximum absolute atomic E-state index is 14.6. The van der Waals surface area contributed by atoms with E-state index in [-0.39, 0.29) is 22.8 Å². The number of amides is 1. The van der Waals surface area contributed by atoms with E-state index >= 15 is 0 Å². The van der Waals surface area contributed by atoms with Crippen LogP contribution in [0.1, 0.15) is 16.1 Å². The summed E-state index contributed by atoms with van der Waals surface area (Å²) in [5.41, 5.74) is 1.39. The molecule has 0 atom stereocenters. The molecule has 3 aromatic rings. The monoisotopic (exact) mass is 432 g/mol. The Hall–Kier alpha value is -2.91. The fraction of sp³-hybridized carbons (Fsp3) is 0.286. The van der Waals surface area contributed by atoms with Crippen molar-refractivity contribution in [2.75, 3.05) is 42.8 Å². The molecule has 0 spiro atoms. The third-order valence-corrected chi connectivity index (χ3v) is 5.68. The molecule has 1 amide bonds. The summed E-state index contributed by atoms with van der Waals surface area (Å²) < 4.78 is 49.3. The van der Waals surface area contributed by atoms with Crippen molar-refractivity contribution >= 4 is 38.1 Å². The number of anilines is 2. The minimum Gasteiger partial charge on any atom is -0.451 e. The number of carbonyl (C=O) groups is 1. The molecule has 4 rings (SSSR count). The first-order valence-corrected chi connectivity index (χ1v) is 11.5. The van der Waals surface area contributed by atoms with Gasteiger partial charge in [0.05, 0.1) is 24.7 Å². The number of hydrogen-bond acceptors (Lipinski definition) is 6. The zero-order valence-electron chi connectivity index (χ0n) is 16.4. The third-order valence-electron chi connectivity index (χ3n) is 4.87.